The van der Waals surface area contributed by atoms with Gasteiger partial charge >= 0.3 is 0 Å². The lowest BCUT2D eigenvalue weighted by Crippen LogP contribution is -2.17. The van der Waals surface area contributed by atoms with Crippen molar-refractivity contribution in [1.82, 2.24) is 9.97 Å². The number of aromatic nitrogens is 2. The lowest BCUT2D eigenvalue weighted by atomic mass is 9.80. The minimum absolute atomic E-state index is 0.265. The van der Waals surface area contributed by atoms with Crippen LogP contribution in [0, 0.1) is 0 Å². The zero-order chi connectivity index (χ0) is 36.9. The minimum Gasteiger partial charge on any atom is -0.228 e. The Hall–Kier alpha value is -6.90. The topological polar surface area (TPSA) is 25.8 Å². The van der Waals surface area contributed by atoms with Crippen molar-refractivity contribution >= 4 is 10.8 Å². The third kappa shape index (κ3) is 5.84. The standard InChI is InChI=1S/C53H38N2/c1-53(2)48-34-42-23-13-12-22-41(42)33-47(48)51-49(53)50(37-20-10-5-11-21-37)54-52(55-51)43-27-15-25-39(29-43)38-24-14-26-40(28-38)46-31-44(35-16-6-3-7-17-35)30-45(32-46)36-18-8-4-9-19-36/h3-34H,1-2H3. The lowest BCUT2D eigenvalue weighted by molar-refractivity contribution is 0.658. The van der Waals surface area contributed by atoms with E-state index in [-0.39, 0.29) is 5.41 Å². The molecule has 0 atom stereocenters. The Labute approximate surface area is 322 Å². The fourth-order valence-electron chi connectivity index (χ4n) is 8.37. The molecule has 1 heterocycles. The van der Waals surface area contributed by atoms with Crippen molar-refractivity contribution < 1.29 is 0 Å². The molecule has 0 spiro atoms. The van der Waals surface area contributed by atoms with Gasteiger partial charge in [-0.1, -0.05) is 166 Å². The Balaban J connectivity index is 1.10. The van der Waals surface area contributed by atoms with E-state index < -0.39 is 0 Å². The van der Waals surface area contributed by atoms with Crippen molar-refractivity contribution in [2.75, 3.05) is 0 Å². The van der Waals surface area contributed by atoms with Crippen LogP contribution in [0.5, 0.6) is 0 Å². The van der Waals surface area contributed by atoms with Crippen molar-refractivity contribution in [3.05, 3.63) is 205 Å². The second-order valence-corrected chi connectivity index (χ2v) is 15.0. The molecule has 0 amide bonds. The normalized spacial score (nSPS) is 12.7. The number of benzene rings is 8. The van der Waals surface area contributed by atoms with Crippen LogP contribution in [0.15, 0.2) is 194 Å². The maximum Gasteiger partial charge on any atom is 0.160 e. The molecule has 1 aliphatic rings. The van der Waals surface area contributed by atoms with Gasteiger partial charge in [-0.2, -0.15) is 0 Å². The maximum absolute atomic E-state index is 5.42. The summed E-state index contributed by atoms with van der Waals surface area (Å²) in [6.07, 6.45) is 0. The van der Waals surface area contributed by atoms with Crippen LogP contribution >= 0.6 is 0 Å². The average molecular weight is 703 g/mol. The van der Waals surface area contributed by atoms with Gasteiger partial charge in [-0.25, -0.2) is 9.97 Å². The Kier molecular flexibility index (Phi) is 7.85. The summed E-state index contributed by atoms with van der Waals surface area (Å²) < 4.78 is 0. The van der Waals surface area contributed by atoms with Crippen LogP contribution in [-0.4, -0.2) is 9.97 Å². The van der Waals surface area contributed by atoms with Crippen molar-refractivity contribution in [3.8, 4) is 78.4 Å². The van der Waals surface area contributed by atoms with Gasteiger partial charge in [0.05, 0.1) is 11.4 Å². The van der Waals surface area contributed by atoms with Crippen molar-refractivity contribution in [1.29, 1.82) is 0 Å². The van der Waals surface area contributed by atoms with Gasteiger partial charge in [0.15, 0.2) is 5.82 Å². The van der Waals surface area contributed by atoms with Crippen molar-refractivity contribution in [2.24, 2.45) is 0 Å². The first-order valence-electron chi connectivity index (χ1n) is 19.0. The summed E-state index contributed by atoms with van der Waals surface area (Å²) in [4.78, 5) is 10.8. The summed E-state index contributed by atoms with van der Waals surface area (Å²) in [6.45, 7) is 4.63. The fraction of sp³-hybridized carbons (Fsp3) is 0.0566. The molecule has 0 fully saturated rings. The van der Waals surface area contributed by atoms with Gasteiger partial charge in [0.2, 0.25) is 0 Å². The van der Waals surface area contributed by atoms with Crippen LogP contribution in [0.25, 0.3) is 89.2 Å². The van der Waals surface area contributed by atoms with Gasteiger partial charge < -0.3 is 0 Å². The summed E-state index contributed by atoms with van der Waals surface area (Å²) in [6, 6.07) is 69.7. The molecule has 9 aromatic rings. The molecule has 10 rings (SSSR count). The molecule has 2 heteroatoms. The van der Waals surface area contributed by atoms with Crippen LogP contribution in [-0.2, 0) is 5.41 Å². The summed E-state index contributed by atoms with van der Waals surface area (Å²) >= 11 is 0. The SMILES string of the molecule is CC1(C)c2cc3ccccc3cc2-c2nc(-c3cccc(-c4cccc(-c5cc(-c6ccccc6)cc(-c6ccccc6)c5)c4)c3)nc(-c3ccccc3)c21. The lowest BCUT2D eigenvalue weighted by Gasteiger charge is -2.24. The first-order chi connectivity index (χ1) is 27.0. The molecule has 0 radical (unpaired) electrons. The van der Waals surface area contributed by atoms with E-state index >= 15 is 0 Å². The molecular formula is C53H38N2. The highest BCUT2D eigenvalue weighted by Crippen LogP contribution is 2.52. The highest BCUT2D eigenvalue weighted by atomic mass is 14.9. The van der Waals surface area contributed by atoms with Gasteiger partial charge in [0.1, 0.15) is 0 Å². The maximum atomic E-state index is 5.42. The molecule has 1 aromatic heterocycles. The van der Waals surface area contributed by atoms with Gasteiger partial charge in [-0.05, 0) is 103 Å². The Morgan fingerprint density at radius 2 is 0.727 bits per heavy atom. The van der Waals surface area contributed by atoms with Gasteiger partial charge in [-0.3, -0.25) is 0 Å². The third-order valence-corrected chi connectivity index (χ3v) is 11.2. The molecule has 0 bridgehead atoms. The number of hydrogen-bond acceptors (Lipinski definition) is 2. The highest BCUT2D eigenvalue weighted by molar-refractivity contribution is 5.95. The summed E-state index contributed by atoms with van der Waals surface area (Å²) in [5, 5.41) is 2.47. The predicted octanol–water partition coefficient (Wildman–Crippen LogP) is 13.9. The second kappa shape index (κ2) is 13.2. The van der Waals surface area contributed by atoms with Gasteiger partial charge in [0, 0.05) is 27.7 Å². The molecule has 0 unspecified atom stereocenters. The van der Waals surface area contributed by atoms with Gasteiger partial charge in [0.25, 0.3) is 0 Å². The zero-order valence-corrected chi connectivity index (χ0v) is 30.9. The summed E-state index contributed by atoms with van der Waals surface area (Å²) in [5.74, 6) is 0.732. The molecule has 0 saturated carbocycles. The molecule has 8 aromatic carbocycles. The highest BCUT2D eigenvalue weighted by Gasteiger charge is 2.40. The monoisotopic (exact) mass is 702 g/mol. The first kappa shape index (κ1) is 32.7. The quantitative estimate of drug-likeness (QED) is 0.172. The molecule has 0 saturated heterocycles. The molecular weight excluding hydrogens is 665 g/mol. The van der Waals surface area contributed by atoms with E-state index in [1.807, 2.05) is 0 Å². The number of hydrogen-bond donors (Lipinski definition) is 0. The summed E-state index contributed by atoms with van der Waals surface area (Å²) in [5.41, 5.74) is 16.9. The van der Waals surface area contributed by atoms with Crippen molar-refractivity contribution in [3.63, 3.8) is 0 Å². The minimum atomic E-state index is -0.265. The van der Waals surface area contributed by atoms with Crippen LogP contribution in [0.1, 0.15) is 25.0 Å². The Morgan fingerprint density at radius 1 is 0.327 bits per heavy atom. The molecule has 0 N–H and O–H groups in total. The summed E-state index contributed by atoms with van der Waals surface area (Å²) in [7, 11) is 0. The van der Waals surface area contributed by atoms with Crippen LogP contribution in [0.2, 0.25) is 0 Å². The number of rotatable bonds is 6. The molecule has 0 aliphatic heterocycles. The number of fused-ring (bicyclic) bond motifs is 4. The fourth-order valence-corrected chi connectivity index (χ4v) is 8.37. The predicted molar refractivity (Wildman–Crippen MR) is 230 cm³/mol. The average Bonchev–Trinajstić information content (AvgIpc) is 3.48. The van der Waals surface area contributed by atoms with Crippen LogP contribution in [0.3, 0.4) is 0 Å². The largest absolute Gasteiger partial charge is 0.228 e. The van der Waals surface area contributed by atoms with E-state index in [1.54, 1.807) is 0 Å². The Morgan fingerprint density at radius 3 is 1.31 bits per heavy atom. The Bertz CT molecular complexity index is 2820. The van der Waals surface area contributed by atoms with Gasteiger partial charge in [-0.15, -0.1) is 0 Å². The molecule has 55 heavy (non-hydrogen) atoms. The first-order valence-corrected chi connectivity index (χ1v) is 19.0. The third-order valence-electron chi connectivity index (χ3n) is 11.2. The smallest absolute Gasteiger partial charge is 0.160 e. The second-order valence-electron chi connectivity index (χ2n) is 15.0. The molecule has 2 nitrogen and oxygen atoms in total. The molecule has 1 aliphatic carbocycles. The zero-order valence-electron chi connectivity index (χ0n) is 30.9. The molecule has 260 valence electrons. The van der Waals surface area contributed by atoms with E-state index in [9.17, 15) is 0 Å². The van der Waals surface area contributed by atoms with E-state index in [4.69, 9.17) is 9.97 Å². The van der Waals surface area contributed by atoms with E-state index in [0.29, 0.717) is 0 Å². The van der Waals surface area contributed by atoms with E-state index in [2.05, 4.69) is 208 Å². The van der Waals surface area contributed by atoms with Crippen LogP contribution in [0.4, 0.5) is 0 Å². The van der Waals surface area contributed by atoms with Crippen LogP contribution < -0.4 is 0 Å². The van der Waals surface area contributed by atoms with E-state index in [1.165, 1.54) is 60.8 Å². The van der Waals surface area contributed by atoms with E-state index in [0.717, 1.165) is 39.5 Å². The van der Waals surface area contributed by atoms with Crippen molar-refractivity contribution in [2.45, 2.75) is 19.3 Å². The number of nitrogens with zero attached hydrogens (tertiary/aromatic N) is 2.